The van der Waals surface area contributed by atoms with Gasteiger partial charge in [0.05, 0.1) is 11.4 Å². The Hall–Kier alpha value is -6.38. The largest absolute Gasteiger partial charge is 0.252 e. The third kappa shape index (κ3) is 3.93. The summed E-state index contributed by atoms with van der Waals surface area (Å²) < 4.78 is 0. The fourth-order valence-corrected chi connectivity index (χ4v) is 7.89. The SMILES string of the molecule is c1ccc(-c2ccc3ccccc3c2-c2cc3cccc4c3c(c2-c2c(-c3ccccc3)ccc3ccccc23)-c2nccnc2-4)cc1. The van der Waals surface area contributed by atoms with Crippen LogP contribution in [0.5, 0.6) is 0 Å². The second-order valence-corrected chi connectivity index (χ2v) is 12.5. The predicted molar refractivity (Wildman–Crippen MR) is 201 cm³/mol. The molecule has 0 saturated carbocycles. The molecule has 0 unspecified atom stereocenters. The summed E-state index contributed by atoms with van der Waals surface area (Å²) in [4.78, 5) is 10.0. The molecule has 2 nitrogen and oxygen atoms in total. The molecule has 0 amide bonds. The van der Waals surface area contributed by atoms with E-state index in [1.54, 1.807) is 0 Å². The summed E-state index contributed by atoms with van der Waals surface area (Å²) in [6.45, 7) is 0. The normalized spacial score (nSPS) is 11.8. The summed E-state index contributed by atoms with van der Waals surface area (Å²) in [5, 5.41) is 7.26. The van der Waals surface area contributed by atoms with Crippen LogP contribution in [0.15, 0.2) is 170 Å². The molecule has 48 heavy (non-hydrogen) atoms. The lowest BCUT2D eigenvalue weighted by atomic mass is 9.79. The number of hydrogen-bond acceptors (Lipinski definition) is 2. The molecule has 2 heteroatoms. The number of aromatic nitrogens is 2. The van der Waals surface area contributed by atoms with E-state index in [0.29, 0.717) is 0 Å². The van der Waals surface area contributed by atoms with E-state index in [1.165, 1.54) is 76.8 Å². The highest BCUT2D eigenvalue weighted by Crippen LogP contribution is 2.56. The number of fused-ring (bicyclic) bond motifs is 5. The molecule has 0 fully saturated rings. The zero-order chi connectivity index (χ0) is 31.6. The van der Waals surface area contributed by atoms with Crippen molar-refractivity contribution in [3.8, 4) is 67.0 Å². The number of rotatable bonds is 4. The first-order valence-corrected chi connectivity index (χ1v) is 16.4. The first kappa shape index (κ1) is 26.8. The van der Waals surface area contributed by atoms with Gasteiger partial charge in [-0.25, -0.2) is 0 Å². The molecular weight excluding hydrogens is 581 g/mol. The van der Waals surface area contributed by atoms with Crippen molar-refractivity contribution < 1.29 is 0 Å². The third-order valence-corrected chi connectivity index (χ3v) is 9.90. The van der Waals surface area contributed by atoms with Gasteiger partial charge in [-0.15, -0.1) is 0 Å². The van der Waals surface area contributed by atoms with Gasteiger partial charge < -0.3 is 0 Å². The summed E-state index contributed by atoms with van der Waals surface area (Å²) >= 11 is 0. The van der Waals surface area contributed by atoms with Gasteiger partial charge >= 0.3 is 0 Å². The number of hydrogen-bond donors (Lipinski definition) is 0. The standard InChI is InChI=1S/C46H28N2/c1-3-12-29(13-4-1)36-24-22-31-16-7-9-19-34(31)41(36)39-28-33-18-11-21-38-40(33)44(46-45(38)47-26-27-48-46)43(39)42-35-20-10-8-17-32(35)23-25-37(42)30-14-5-2-6-15-30/h1-28H. The zero-order valence-electron chi connectivity index (χ0n) is 26.1. The van der Waals surface area contributed by atoms with Gasteiger partial charge in [-0.3, -0.25) is 9.97 Å². The Morgan fingerprint density at radius 2 is 0.854 bits per heavy atom. The molecule has 9 aromatic rings. The molecule has 0 spiro atoms. The van der Waals surface area contributed by atoms with Gasteiger partial charge in [0.1, 0.15) is 0 Å². The smallest absolute Gasteiger partial charge is 0.0978 e. The summed E-state index contributed by atoms with van der Waals surface area (Å²) in [7, 11) is 0. The molecule has 1 aliphatic rings. The predicted octanol–water partition coefficient (Wildman–Crippen LogP) is 12.3. The maximum absolute atomic E-state index is 5.08. The first-order chi connectivity index (χ1) is 23.8. The van der Waals surface area contributed by atoms with Crippen molar-refractivity contribution in [3.05, 3.63) is 170 Å². The van der Waals surface area contributed by atoms with Crippen molar-refractivity contribution in [2.75, 3.05) is 0 Å². The van der Waals surface area contributed by atoms with Crippen LogP contribution in [0.1, 0.15) is 0 Å². The molecule has 0 bridgehead atoms. The number of nitrogens with zero attached hydrogens (tertiary/aromatic N) is 2. The van der Waals surface area contributed by atoms with E-state index < -0.39 is 0 Å². The van der Waals surface area contributed by atoms with Crippen molar-refractivity contribution in [1.82, 2.24) is 9.97 Å². The van der Waals surface area contributed by atoms with Crippen LogP contribution in [0.25, 0.3) is 99.3 Å². The molecule has 0 N–H and O–H groups in total. The van der Waals surface area contributed by atoms with E-state index in [-0.39, 0.29) is 0 Å². The van der Waals surface area contributed by atoms with Gasteiger partial charge in [-0.05, 0) is 71.9 Å². The van der Waals surface area contributed by atoms with Crippen LogP contribution in [-0.4, -0.2) is 9.97 Å². The van der Waals surface area contributed by atoms with E-state index >= 15 is 0 Å². The average Bonchev–Trinajstić information content (AvgIpc) is 3.50. The second kappa shape index (κ2) is 10.6. The third-order valence-electron chi connectivity index (χ3n) is 9.90. The van der Waals surface area contributed by atoms with Crippen molar-refractivity contribution in [3.63, 3.8) is 0 Å². The van der Waals surface area contributed by atoms with Crippen LogP contribution in [0.4, 0.5) is 0 Å². The molecule has 0 aliphatic heterocycles. The van der Waals surface area contributed by atoms with E-state index in [2.05, 4.69) is 158 Å². The molecule has 222 valence electrons. The van der Waals surface area contributed by atoms with Crippen molar-refractivity contribution in [2.24, 2.45) is 0 Å². The van der Waals surface area contributed by atoms with E-state index in [1.807, 2.05) is 12.4 Å². The fourth-order valence-electron chi connectivity index (χ4n) is 7.89. The lowest BCUT2D eigenvalue weighted by molar-refractivity contribution is 1.23. The molecule has 0 radical (unpaired) electrons. The Morgan fingerprint density at radius 3 is 1.52 bits per heavy atom. The second-order valence-electron chi connectivity index (χ2n) is 12.5. The van der Waals surface area contributed by atoms with Crippen molar-refractivity contribution >= 4 is 32.3 Å². The molecule has 0 saturated heterocycles. The van der Waals surface area contributed by atoms with Gasteiger partial charge in [-0.2, -0.15) is 0 Å². The molecule has 1 aromatic heterocycles. The lowest BCUT2D eigenvalue weighted by Crippen LogP contribution is -1.97. The van der Waals surface area contributed by atoms with Crippen molar-refractivity contribution in [1.29, 1.82) is 0 Å². The quantitative estimate of drug-likeness (QED) is 0.199. The Kier molecular flexibility index (Phi) is 5.91. The van der Waals surface area contributed by atoms with Crippen LogP contribution < -0.4 is 0 Å². The summed E-state index contributed by atoms with van der Waals surface area (Å²) in [5.41, 5.74) is 13.8. The van der Waals surface area contributed by atoms with Crippen LogP contribution in [0.3, 0.4) is 0 Å². The van der Waals surface area contributed by atoms with Gasteiger partial charge in [0.2, 0.25) is 0 Å². The monoisotopic (exact) mass is 608 g/mol. The Bertz CT molecular complexity index is 2710. The Morgan fingerprint density at radius 1 is 0.312 bits per heavy atom. The summed E-state index contributed by atoms with van der Waals surface area (Å²) in [6.07, 6.45) is 3.65. The van der Waals surface area contributed by atoms with Gasteiger partial charge in [-0.1, -0.05) is 152 Å². The molecule has 1 heterocycles. The van der Waals surface area contributed by atoms with Crippen LogP contribution in [-0.2, 0) is 0 Å². The Balaban J connectivity index is 1.48. The van der Waals surface area contributed by atoms with Crippen LogP contribution in [0, 0.1) is 0 Å². The molecule has 8 aromatic carbocycles. The minimum absolute atomic E-state index is 0.939. The van der Waals surface area contributed by atoms with E-state index in [9.17, 15) is 0 Å². The van der Waals surface area contributed by atoms with Gasteiger partial charge in [0.15, 0.2) is 0 Å². The molecule has 0 atom stereocenters. The topological polar surface area (TPSA) is 25.8 Å². The molecular formula is C46H28N2. The minimum atomic E-state index is 0.939. The van der Waals surface area contributed by atoms with Crippen LogP contribution in [0.2, 0.25) is 0 Å². The maximum Gasteiger partial charge on any atom is 0.0978 e. The Labute approximate surface area is 278 Å². The maximum atomic E-state index is 5.08. The lowest BCUT2D eigenvalue weighted by Gasteiger charge is -2.24. The average molecular weight is 609 g/mol. The minimum Gasteiger partial charge on any atom is -0.252 e. The first-order valence-electron chi connectivity index (χ1n) is 16.4. The zero-order valence-corrected chi connectivity index (χ0v) is 26.1. The van der Waals surface area contributed by atoms with Gasteiger partial charge in [0, 0.05) is 34.5 Å². The summed E-state index contributed by atoms with van der Waals surface area (Å²) in [6, 6.07) is 57.3. The molecule has 10 rings (SSSR count). The number of benzene rings is 8. The van der Waals surface area contributed by atoms with E-state index in [4.69, 9.17) is 9.97 Å². The highest BCUT2D eigenvalue weighted by atomic mass is 14.8. The van der Waals surface area contributed by atoms with Crippen LogP contribution >= 0.6 is 0 Å². The highest BCUT2D eigenvalue weighted by molar-refractivity contribution is 6.25. The van der Waals surface area contributed by atoms with Crippen molar-refractivity contribution in [2.45, 2.75) is 0 Å². The van der Waals surface area contributed by atoms with Gasteiger partial charge in [0.25, 0.3) is 0 Å². The fraction of sp³-hybridized carbons (Fsp3) is 0. The highest BCUT2D eigenvalue weighted by Gasteiger charge is 2.32. The van der Waals surface area contributed by atoms with E-state index in [0.717, 1.165) is 22.5 Å². The molecule has 1 aliphatic carbocycles. The summed E-state index contributed by atoms with van der Waals surface area (Å²) in [5.74, 6) is 0.